The maximum atomic E-state index is 12.6. The van der Waals surface area contributed by atoms with Crippen molar-refractivity contribution >= 4 is 17.7 Å². The molecule has 0 saturated carbocycles. The second kappa shape index (κ2) is 7.79. The number of carbonyl (C=O) groups excluding carboxylic acids is 1. The van der Waals surface area contributed by atoms with Crippen LogP contribution in [0.4, 0.5) is 0 Å². The predicted octanol–water partition coefficient (Wildman–Crippen LogP) is 3.17. The minimum absolute atomic E-state index is 0.108. The molecular weight excluding hydrogens is 320 g/mol. The van der Waals surface area contributed by atoms with Gasteiger partial charge < -0.3 is 5.32 Å². The maximum absolute atomic E-state index is 12.6. The summed E-state index contributed by atoms with van der Waals surface area (Å²) in [5.41, 5.74) is 1.66. The Morgan fingerprint density at radius 2 is 1.75 bits per heavy atom. The second-order valence-corrected chi connectivity index (χ2v) is 6.13. The minimum Gasteiger partial charge on any atom is -0.343 e. The van der Waals surface area contributed by atoms with Crippen LogP contribution in [0.2, 0.25) is 0 Å². The van der Waals surface area contributed by atoms with Crippen LogP contribution in [0.1, 0.15) is 22.0 Å². The number of rotatable bonds is 6. The van der Waals surface area contributed by atoms with Crippen molar-refractivity contribution in [1.29, 1.82) is 0 Å². The third-order valence-corrected chi connectivity index (χ3v) is 4.42. The molecule has 1 N–H and O–H groups in total. The summed E-state index contributed by atoms with van der Waals surface area (Å²) in [5, 5.41) is 11.4. The first-order valence-corrected chi connectivity index (χ1v) is 8.82. The zero-order valence-electron chi connectivity index (χ0n) is 13.3. The molecule has 5 nitrogen and oxygen atoms in total. The molecule has 0 saturated heterocycles. The summed E-state index contributed by atoms with van der Waals surface area (Å²) in [6, 6.07) is 17.2. The van der Waals surface area contributed by atoms with E-state index in [1.165, 1.54) is 0 Å². The Balaban J connectivity index is 1.78. The molecule has 1 heterocycles. The predicted molar refractivity (Wildman–Crippen MR) is 94.9 cm³/mol. The molecule has 3 rings (SSSR count). The highest BCUT2D eigenvalue weighted by atomic mass is 32.2. The first kappa shape index (κ1) is 16.3. The van der Waals surface area contributed by atoms with E-state index < -0.39 is 0 Å². The van der Waals surface area contributed by atoms with Crippen LogP contribution in [-0.2, 0) is 6.54 Å². The van der Waals surface area contributed by atoms with Gasteiger partial charge in [0.1, 0.15) is 0 Å². The first-order valence-electron chi connectivity index (χ1n) is 7.60. The highest BCUT2D eigenvalue weighted by Crippen LogP contribution is 2.17. The molecule has 0 aliphatic carbocycles. The molecule has 0 radical (unpaired) electrons. The molecule has 0 aliphatic rings. The number of benzene rings is 2. The number of amides is 1. The molecule has 0 aliphatic heterocycles. The van der Waals surface area contributed by atoms with E-state index in [2.05, 4.69) is 15.5 Å². The molecule has 122 valence electrons. The van der Waals surface area contributed by atoms with Crippen molar-refractivity contribution in [2.45, 2.75) is 17.5 Å². The topological polar surface area (TPSA) is 59.8 Å². The molecular formula is C18H18N4OS. The van der Waals surface area contributed by atoms with Crippen LogP contribution in [-0.4, -0.2) is 27.2 Å². The van der Waals surface area contributed by atoms with Gasteiger partial charge in [0.2, 0.25) is 0 Å². The molecule has 1 amide bonds. The Morgan fingerprint density at radius 1 is 1.08 bits per heavy atom. The number of hydrogen-bond acceptors (Lipinski definition) is 4. The van der Waals surface area contributed by atoms with E-state index in [-0.39, 0.29) is 11.9 Å². The molecule has 0 fully saturated rings. The smallest absolute Gasteiger partial charge is 0.251 e. The van der Waals surface area contributed by atoms with Crippen molar-refractivity contribution in [1.82, 2.24) is 20.3 Å². The number of nitrogens with one attached hydrogen (secondary N) is 1. The fraction of sp³-hybridized carbons (Fsp3) is 0.167. The quantitative estimate of drug-likeness (QED) is 0.701. The Bertz CT molecular complexity index is 773. The zero-order chi connectivity index (χ0) is 16.8. The molecule has 0 spiro atoms. The number of thioether (sulfide) groups is 1. The van der Waals surface area contributed by atoms with Gasteiger partial charge in [-0.15, -0.1) is 11.8 Å². The monoisotopic (exact) mass is 338 g/mol. The van der Waals surface area contributed by atoms with Crippen molar-refractivity contribution in [2.24, 2.45) is 0 Å². The van der Waals surface area contributed by atoms with Crippen LogP contribution in [0.3, 0.4) is 0 Å². The van der Waals surface area contributed by atoms with Gasteiger partial charge in [0.25, 0.3) is 5.91 Å². The molecule has 1 aromatic heterocycles. The summed E-state index contributed by atoms with van der Waals surface area (Å²) in [6.07, 6.45) is 5.27. The molecule has 24 heavy (non-hydrogen) atoms. The lowest BCUT2D eigenvalue weighted by molar-refractivity contribution is 0.0930. The van der Waals surface area contributed by atoms with Gasteiger partial charge in [-0.05, 0) is 36.1 Å². The van der Waals surface area contributed by atoms with Crippen molar-refractivity contribution in [3.05, 3.63) is 78.1 Å². The third kappa shape index (κ3) is 4.02. The van der Waals surface area contributed by atoms with E-state index in [0.29, 0.717) is 12.1 Å². The highest BCUT2D eigenvalue weighted by molar-refractivity contribution is 7.98. The molecule has 1 unspecified atom stereocenters. The van der Waals surface area contributed by atoms with Gasteiger partial charge in [0.05, 0.1) is 25.0 Å². The normalized spacial score (nSPS) is 11.9. The lowest BCUT2D eigenvalue weighted by Gasteiger charge is -2.19. The van der Waals surface area contributed by atoms with Crippen molar-refractivity contribution in [3.63, 3.8) is 0 Å². The lowest BCUT2D eigenvalue weighted by Crippen LogP contribution is -2.32. The number of carbonyl (C=O) groups is 1. The summed E-state index contributed by atoms with van der Waals surface area (Å²) >= 11 is 1.65. The van der Waals surface area contributed by atoms with Crippen LogP contribution in [0.15, 0.2) is 71.9 Å². The zero-order valence-corrected chi connectivity index (χ0v) is 14.1. The largest absolute Gasteiger partial charge is 0.343 e. The summed E-state index contributed by atoms with van der Waals surface area (Å²) in [7, 11) is 0. The van der Waals surface area contributed by atoms with Crippen molar-refractivity contribution in [3.8, 4) is 0 Å². The van der Waals surface area contributed by atoms with Crippen molar-refractivity contribution in [2.75, 3.05) is 6.26 Å². The van der Waals surface area contributed by atoms with E-state index >= 15 is 0 Å². The number of nitrogens with zero attached hydrogens (tertiary/aromatic N) is 3. The lowest BCUT2D eigenvalue weighted by atomic mass is 10.1. The number of hydrogen-bond donors (Lipinski definition) is 1. The third-order valence-electron chi connectivity index (χ3n) is 3.67. The Kier molecular flexibility index (Phi) is 5.28. The summed E-state index contributed by atoms with van der Waals surface area (Å²) in [6.45, 7) is 0.478. The van der Waals surface area contributed by atoms with Crippen LogP contribution in [0.25, 0.3) is 0 Å². The average molecular weight is 338 g/mol. The van der Waals surface area contributed by atoms with Gasteiger partial charge in [0.15, 0.2) is 0 Å². The van der Waals surface area contributed by atoms with Crippen LogP contribution < -0.4 is 5.32 Å². The van der Waals surface area contributed by atoms with Gasteiger partial charge in [0, 0.05) is 10.5 Å². The van der Waals surface area contributed by atoms with Gasteiger partial charge in [-0.25, -0.2) is 0 Å². The summed E-state index contributed by atoms with van der Waals surface area (Å²) < 4.78 is 0. The standard InChI is InChI=1S/C18H18N4OS/c1-24-16-9-7-15(8-10-16)18(23)21-17(13-22-19-11-12-20-22)14-5-3-2-4-6-14/h2-12,17H,13H2,1H3,(H,21,23). The van der Waals surface area contributed by atoms with Gasteiger partial charge in [-0.3, -0.25) is 4.79 Å². The number of aromatic nitrogens is 3. The van der Waals surface area contributed by atoms with Gasteiger partial charge >= 0.3 is 0 Å². The Labute approximate surface area is 145 Å². The minimum atomic E-state index is -0.202. The Hall–Kier alpha value is -2.60. The fourth-order valence-corrected chi connectivity index (χ4v) is 2.81. The van der Waals surface area contributed by atoms with Gasteiger partial charge in [-0.1, -0.05) is 30.3 Å². The van der Waals surface area contributed by atoms with Crippen LogP contribution in [0, 0.1) is 0 Å². The molecule has 0 bridgehead atoms. The summed E-state index contributed by atoms with van der Waals surface area (Å²) in [5.74, 6) is -0.108. The first-order chi connectivity index (χ1) is 11.8. The van der Waals surface area contributed by atoms with E-state index in [1.807, 2.05) is 60.9 Å². The van der Waals surface area contributed by atoms with Crippen molar-refractivity contribution < 1.29 is 4.79 Å². The van der Waals surface area contributed by atoms with E-state index in [4.69, 9.17) is 0 Å². The Morgan fingerprint density at radius 3 is 2.38 bits per heavy atom. The maximum Gasteiger partial charge on any atom is 0.251 e. The van der Waals surface area contributed by atoms with E-state index in [9.17, 15) is 4.79 Å². The fourth-order valence-electron chi connectivity index (χ4n) is 2.40. The van der Waals surface area contributed by atoms with E-state index in [0.717, 1.165) is 10.5 Å². The van der Waals surface area contributed by atoms with Gasteiger partial charge in [-0.2, -0.15) is 15.0 Å². The van der Waals surface area contributed by atoms with E-state index in [1.54, 1.807) is 29.0 Å². The highest BCUT2D eigenvalue weighted by Gasteiger charge is 2.17. The summed E-state index contributed by atoms with van der Waals surface area (Å²) in [4.78, 5) is 15.3. The van der Waals surface area contributed by atoms with Crippen LogP contribution in [0.5, 0.6) is 0 Å². The molecule has 1 atom stereocenters. The van der Waals surface area contributed by atoms with Crippen LogP contribution >= 0.6 is 11.8 Å². The average Bonchev–Trinajstić information content (AvgIpc) is 3.15. The second-order valence-electron chi connectivity index (χ2n) is 5.25. The molecule has 3 aromatic rings. The molecule has 6 heteroatoms. The SMILES string of the molecule is CSc1ccc(C(=O)NC(Cn2nccn2)c2ccccc2)cc1. The molecule has 2 aromatic carbocycles.